The second kappa shape index (κ2) is 8.49. The zero-order chi connectivity index (χ0) is 20.2. The van der Waals surface area contributed by atoms with Gasteiger partial charge in [0.25, 0.3) is 5.91 Å². The van der Waals surface area contributed by atoms with Gasteiger partial charge in [0.1, 0.15) is 16.5 Å². The summed E-state index contributed by atoms with van der Waals surface area (Å²) in [4.78, 5) is 19.1. The molecule has 3 aromatic rings. The summed E-state index contributed by atoms with van der Waals surface area (Å²) in [6, 6.07) is 15.2. The fraction of sp³-hybridized carbons (Fsp3) is 0.217. The number of carbonyl (C=O) groups excluding carboxylic acids is 1. The third-order valence-corrected chi connectivity index (χ3v) is 6.12. The van der Waals surface area contributed by atoms with Crippen molar-refractivity contribution >= 4 is 34.1 Å². The number of hydrogen-bond acceptors (Lipinski definition) is 5. The Hall–Kier alpha value is -3.12. The maximum Gasteiger partial charge on any atom is 0.259 e. The summed E-state index contributed by atoms with van der Waals surface area (Å²) in [5.41, 5.74) is 3.41. The van der Waals surface area contributed by atoms with Gasteiger partial charge in [-0.15, -0.1) is 11.3 Å². The number of nitrogens with one attached hydrogen (secondary N) is 1. The second-order valence-corrected chi connectivity index (χ2v) is 7.81. The first kappa shape index (κ1) is 19.2. The number of carbonyl (C=O) groups is 1. The van der Waals surface area contributed by atoms with Crippen molar-refractivity contribution in [1.29, 1.82) is 0 Å². The van der Waals surface area contributed by atoms with E-state index in [-0.39, 0.29) is 5.91 Å². The minimum atomic E-state index is -0.159. The fourth-order valence-corrected chi connectivity index (χ4v) is 4.70. The molecule has 0 radical (unpaired) electrons. The number of aliphatic imine (C=N–C) groups is 1. The quantitative estimate of drug-likeness (QED) is 0.568. The molecule has 0 bridgehead atoms. The van der Waals surface area contributed by atoms with E-state index >= 15 is 0 Å². The second-order valence-electron chi connectivity index (χ2n) is 6.73. The summed E-state index contributed by atoms with van der Waals surface area (Å²) in [5.74, 6) is 1.07. The highest BCUT2D eigenvalue weighted by Crippen LogP contribution is 2.41. The Morgan fingerprint density at radius 2 is 1.93 bits per heavy atom. The van der Waals surface area contributed by atoms with Gasteiger partial charge in [0.2, 0.25) is 0 Å². The predicted molar refractivity (Wildman–Crippen MR) is 118 cm³/mol. The summed E-state index contributed by atoms with van der Waals surface area (Å²) >= 11 is 1.61. The zero-order valence-electron chi connectivity index (χ0n) is 16.4. The zero-order valence-corrected chi connectivity index (χ0v) is 17.2. The molecule has 5 nitrogen and oxygen atoms in total. The first-order valence-electron chi connectivity index (χ1n) is 9.46. The van der Waals surface area contributed by atoms with Crippen LogP contribution in [0.4, 0.5) is 10.7 Å². The summed E-state index contributed by atoms with van der Waals surface area (Å²) in [5, 5.41) is 3.75. The van der Waals surface area contributed by atoms with E-state index in [1.165, 1.54) is 4.88 Å². The predicted octanol–water partition coefficient (Wildman–Crippen LogP) is 5.26. The number of amides is 1. The molecule has 0 saturated heterocycles. The molecule has 0 aliphatic heterocycles. The molecule has 2 aromatic carbocycles. The fourth-order valence-electron chi connectivity index (χ4n) is 3.47. The average molecular weight is 407 g/mol. The number of benzene rings is 2. The average Bonchev–Trinajstić information content (AvgIpc) is 3.34. The van der Waals surface area contributed by atoms with Gasteiger partial charge in [0, 0.05) is 17.2 Å². The van der Waals surface area contributed by atoms with Crippen molar-refractivity contribution in [3.8, 4) is 11.5 Å². The molecular formula is C23H22N2O3S. The molecule has 1 aromatic heterocycles. The number of methoxy groups -OCH3 is 2. The van der Waals surface area contributed by atoms with Crippen LogP contribution in [0.3, 0.4) is 0 Å². The molecule has 1 N–H and O–H groups in total. The molecule has 1 aliphatic carbocycles. The standard InChI is InChI=1S/C23H22N2O3S/c1-27-16-11-12-18(19(13-16)28-2)25-22(26)21-17-9-6-10-20(17)29-23(21)24-14-15-7-4-3-5-8-15/h3-5,7-8,11-14H,6,9-10H2,1-2H3,(H,25,26)/b24-14+. The Morgan fingerprint density at radius 3 is 2.69 bits per heavy atom. The summed E-state index contributed by atoms with van der Waals surface area (Å²) in [7, 11) is 3.17. The van der Waals surface area contributed by atoms with E-state index in [9.17, 15) is 4.79 Å². The number of thiophene rings is 1. The minimum absolute atomic E-state index is 0.159. The number of anilines is 1. The Labute approximate surface area is 174 Å². The number of fused-ring (bicyclic) bond motifs is 1. The van der Waals surface area contributed by atoms with Gasteiger partial charge in [-0.3, -0.25) is 4.79 Å². The summed E-state index contributed by atoms with van der Waals surface area (Å²) in [6.07, 6.45) is 4.81. The van der Waals surface area contributed by atoms with Crippen LogP contribution in [0.25, 0.3) is 0 Å². The molecule has 0 atom stereocenters. The smallest absolute Gasteiger partial charge is 0.259 e. The molecular weight excluding hydrogens is 384 g/mol. The van der Waals surface area contributed by atoms with Crippen LogP contribution in [0.1, 0.15) is 32.8 Å². The highest BCUT2D eigenvalue weighted by Gasteiger charge is 2.27. The van der Waals surface area contributed by atoms with E-state index in [1.54, 1.807) is 43.8 Å². The first-order valence-corrected chi connectivity index (χ1v) is 10.3. The maximum atomic E-state index is 13.2. The van der Waals surface area contributed by atoms with Gasteiger partial charge in [-0.25, -0.2) is 4.99 Å². The Morgan fingerprint density at radius 1 is 1.10 bits per heavy atom. The Balaban J connectivity index is 1.66. The molecule has 0 saturated carbocycles. The Kier molecular flexibility index (Phi) is 5.62. The molecule has 0 spiro atoms. The van der Waals surface area contributed by atoms with Crippen molar-refractivity contribution in [2.45, 2.75) is 19.3 Å². The van der Waals surface area contributed by atoms with E-state index in [2.05, 4.69) is 10.3 Å². The van der Waals surface area contributed by atoms with Crippen molar-refractivity contribution in [2.75, 3.05) is 19.5 Å². The molecule has 1 heterocycles. The molecule has 1 amide bonds. The lowest BCUT2D eigenvalue weighted by molar-refractivity contribution is 0.102. The van der Waals surface area contributed by atoms with Crippen molar-refractivity contribution in [3.63, 3.8) is 0 Å². The number of rotatable bonds is 6. The number of ether oxygens (including phenoxy) is 2. The van der Waals surface area contributed by atoms with E-state index in [0.717, 1.165) is 35.4 Å². The lowest BCUT2D eigenvalue weighted by Crippen LogP contribution is -2.14. The topological polar surface area (TPSA) is 59.9 Å². The third kappa shape index (κ3) is 4.03. The third-order valence-electron chi connectivity index (χ3n) is 4.92. The van der Waals surface area contributed by atoms with E-state index in [0.29, 0.717) is 22.7 Å². The van der Waals surface area contributed by atoms with Gasteiger partial charge in [0.05, 0.1) is 25.5 Å². The molecule has 6 heteroatoms. The molecule has 4 rings (SSSR count). The van der Waals surface area contributed by atoms with Crippen molar-refractivity contribution in [2.24, 2.45) is 4.99 Å². The SMILES string of the molecule is COc1ccc(NC(=O)c2c(/N=C/c3ccccc3)sc3c2CCC3)c(OC)c1. The van der Waals surface area contributed by atoms with Crippen LogP contribution >= 0.6 is 11.3 Å². The van der Waals surface area contributed by atoms with Gasteiger partial charge in [-0.2, -0.15) is 0 Å². The van der Waals surface area contributed by atoms with E-state index in [1.807, 2.05) is 36.5 Å². The molecule has 148 valence electrons. The van der Waals surface area contributed by atoms with Crippen LogP contribution in [0, 0.1) is 0 Å². The van der Waals surface area contributed by atoms with Crippen LogP contribution in [-0.2, 0) is 12.8 Å². The lowest BCUT2D eigenvalue weighted by atomic mass is 10.1. The van der Waals surface area contributed by atoms with E-state index in [4.69, 9.17) is 9.47 Å². The van der Waals surface area contributed by atoms with Crippen LogP contribution in [-0.4, -0.2) is 26.3 Å². The van der Waals surface area contributed by atoms with Gasteiger partial charge < -0.3 is 14.8 Å². The molecule has 1 aliphatic rings. The molecule has 29 heavy (non-hydrogen) atoms. The molecule has 0 fully saturated rings. The summed E-state index contributed by atoms with van der Waals surface area (Å²) in [6.45, 7) is 0. The minimum Gasteiger partial charge on any atom is -0.497 e. The van der Waals surface area contributed by atoms with Gasteiger partial charge in [0.15, 0.2) is 0 Å². The number of aryl methyl sites for hydroxylation is 1. The summed E-state index contributed by atoms with van der Waals surface area (Å²) < 4.78 is 10.6. The number of nitrogens with zero attached hydrogens (tertiary/aromatic N) is 1. The van der Waals surface area contributed by atoms with Crippen LogP contribution < -0.4 is 14.8 Å². The van der Waals surface area contributed by atoms with Gasteiger partial charge in [-0.1, -0.05) is 30.3 Å². The highest BCUT2D eigenvalue weighted by molar-refractivity contribution is 7.16. The van der Waals surface area contributed by atoms with Crippen molar-refractivity contribution < 1.29 is 14.3 Å². The van der Waals surface area contributed by atoms with Gasteiger partial charge >= 0.3 is 0 Å². The van der Waals surface area contributed by atoms with Crippen molar-refractivity contribution in [1.82, 2.24) is 0 Å². The highest BCUT2D eigenvalue weighted by atomic mass is 32.1. The lowest BCUT2D eigenvalue weighted by Gasteiger charge is -2.12. The van der Waals surface area contributed by atoms with Crippen LogP contribution in [0.5, 0.6) is 11.5 Å². The monoisotopic (exact) mass is 406 g/mol. The Bertz CT molecular complexity index is 1060. The van der Waals surface area contributed by atoms with Gasteiger partial charge in [-0.05, 0) is 42.5 Å². The first-order chi connectivity index (χ1) is 14.2. The largest absolute Gasteiger partial charge is 0.497 e. The van der Waals surface area contributed by atoms with Crippen molar-refractivity contribution in [3.05, 3.63) is 70.1 Å². The van der Waals surface area contributed by atoms with E-state index < -0.39 is 0 Å². The molecule has 0 unspecified atom stereocenters. The van der Waals surface area contributed by atoms with Crippen LogP contribution in [0.2, 0.25) is 0 Å². The number of hydrogen-bond donors (Lipinski definition) is 1. The maximum absolute atomic E-state index is 13.2. The van der Waals surface area contributed by atoms with Crippen LogP contribution in [0.15, 0.2) is 53.5 Å². The normalized spacial score (nSPS) is 12.8.